The minimum absolute atomic E-state index is 0.0363. The van der Waals surface area contributed by atoms with Gasteiger partial charge in [-0.3, -0.25) is 0 Å². The third-order valence-corrected chi connectivity index (χ3v) is 3.72. The lowest BCUT2D eigenvalue weighted by Gasteiger charge is -2.14. The van der Waals surface area contributed by atoms with Gasteiger partial charge in [0.05, 0.1) is 17.7 Å². The summed E-state index contributed by atoms with van der Waals surface area (Å²) in [5, 5.41) is 12.0. The van der Waals surface area contributed by atoms with E-state index in [2.05, 4.69) is 20.9 Å². The molecule has 0 atom stereocenters. The minimum Gasteiger partial charge on any atom is -0.490 e. The van der Waals surface area contributed by atoms with Crippen molar-refractivity contribution < 1.29 is 14.6 Å². The lowest BCUT2D eigenvalue weighted by atomic mass is 10.2. The molecule has 1 heterocycles. The summed E-state index contributed by atoms with van der Waals surface area (Å²) in [6.07, 6.45) is 1.75. The molecule has 4 nitrogen and oxygen atoms in total. The lowest BCUT2D eigenvalue weighted by molar-refractivity contribution is 0.262. The first-order chi connectivity index (χ1) is 9.24. The fourth-order valence-electron chi connectivity index (χ4n) is 1.57. The Morgan fingerprint density at radius 3 is 2.84 bits per heavy atom. The summed E-state index contributed by atoms with van der Waals surface area (Å²) in [6.45, 7) is 2.80. The molecular weight excluding hydrogens is 330 g/mol. The van der Waals surface area contributed by atoms with Crippen molar-refractivity contribution in [2.45, 2.75) is 20.1 Å². The highest BCUT2D eigenvalue weighted by Crippen LogP contribution is 2.37. The number of aliphatic hydroxyl groups excluding tert-OH is 1. The molecule has 0 spiro atoms. The highest BCUT2D eigenvalue weighted by atomic mass is 79.9. The Labute approximate surface area is 124 Å². The van der Waals surface area contributed by atoms with Gasteiger partial charge in [0.2, 0.25) is 0 Å². The number of ether oxygens (including phenoxy) is 2. The second kappa shape index (κ2) is 6.88. The average Bonchev–Trinajstić information content (AvgIpc) is 2.91. The summed E-state index contributed by atoms with van der Waals surface area (Å²) in [6, 6.07) is 3.60. The molecule has 2 rings (SSSR count). The molecule has 0 radical (unpaired) electrons. The summed E-state index contributed by atoms with van der Waals surface area (Å²) < 4.78 is 12.1. The zero-order chi connectivity index (χ0) is 13.7. The van der Waals surface area contributed by atoms with Gasteiger partial charge in [0.25, 0.3) is 0 Å². The van der Waals surface area contributed by atoms with E-state index in [0.29, 0.717) is 24.7 Å². The van der Waals surface area contributed by atoms with Crippen LogP contribution in [0.1, 0.15) is 17.5 Å². The van der Waals surface area contributed by atoms with Gasteiger partial charge in [-0.2, -0.15) is 0 Å². The Balaban J connectivity index is 2.21. The Hall–Kier alpha value is -1.11. The van der Waals surface area contributed by atoms with Crippen molar-refractivity contribution in [2.75, 3.05) is 6.61 Å². The van der Waals surface area contributed by atoms with Crippen LogP contribution in [0.2, 0.25) is 0 Å². The largest absolute Gasteiger partial charge is 0.490 e. The van der Waals surface area contributed by atoms with E-state index < -0.39 is 0 Å². The molecule has 0 unspecified atom stereocenters. The molecule has 1 N–H and O–H groups in total. The molecule has 1 aromatic heterocycles. The first-order valence-corrected chi connectivity index (χ1v) is 7.49. The number of halogens is 1. The van der Waals surface area contributed by atoms with Crippen molar-refractivity contribution in [1.82, 2.24) is 4.98 Å². The number of hydrogen-bond acceptors (Lipinski definition) is 5. The predicted molar refractivity (Wildman–Crippen MR) is 77.7 cm³/mol. The number of aliphatic hydroxyl groups is 1. The van der Waals surface area contributed by atoms with Crippen molar-refractivity contribution in [3.8, 4) is 11.5 Å². The number of benzene rings is 1. The normalized spacial score (nSPS) is 10.5. The van der Waals surface area contributed by atoms with E-state index in [0.717, 1.165) is 15.0 Å². The Kier molecular flexibility index (Phi) is 5.18. The molecular formula is C13H14BrNO3S. The van der Waals surface area contributed by atoms with E-state index in [9.17, 15) is 5.11 Å². The molecule has 0 bridgehead atoms. The molecule has 0 aliphatic heterocycles. The molecule has 0 saturated heterocycles. The summed E-state index contributed by atoms with van der Waals surface area (Å²) in [4.78, 5) is 4.17. The number of nitrogens with zero attached hydrogens (tertiary/aromatic N) is 1. The maximum atomic E-state index is 9.20. The van der Waals surface area contributed by atoms with Crippen LogP contribution in [-0.4, -0.2) is 16.7 Å². The standard InChI is InChI=1S/C13H14BrNO3S/c1-2-17-11-6-9(7-16)5-10(14)13(11)18-8-12-15-3-4-19-12/h3-6,16H,2,7-8H2,1H3. The van der Waals surface area contributed by atoms with E-state index in [-0.39, 0.29) is 6.61 Å². The lowest BCUT2D eigenvalue weighted by Crippen LogP contribution is -2.01. The molecule has 0 amide bonds. The minimum atomic E-state index is -0.0363. The number of hydrogen-bond donors (Lipinski definition) is 1. The third-order valence-electron chi connectivity index (χ3n) is 2.38. The fourth-order valence-corrected chi connectivity index (χ4v) is 2.71. The van der Waals surface area contributed by atoms with E-state index >= 15 is 0 Å². The Bertz CT molecular complexity index is 531. The van der Waals surface area contributed by atoms with E-state index in [4.69, 9.17) is 9.47 Å². The first kappa shape index (κ1) is 14.3. The second-order valence-electron chi connectivity index (χ2n) is 3.71. The van der Waals surface area contributed by atoms with Crippen LogP contribution in [0, 0.1) is 0 Å². The summed E-state index contributed by atoms with van der Waals surface area (Å²) in [5.74, 6) is 1.26. The quantitative estimate of drug-likeness (QED) is 0.873. The van der Waals surface area contributed by atoms with Crippen molar-refractivity contribution in [3.05, 3.63) is 38.8 Å². The second-order valence-corrected chi connectivity index (χ2v) is 5.54. The molecule has 1 aromatic carbocycles. The molecule has 0 fully saturated rings. The van der Waals surface area contributed by atoms with Gasteiger partial charge < -0.3 is 14.6 Å². The van der Waals surface area contributed by atoms with Crippen LogP contribution in [0.25, 0.3) is 0 Å². The molecule has 0 aliphatic rings. The maximum Gasteiger partial charge on any atom is 0.175 e. The summed E-state index contributed by atoms with van der Waals surface area (Å²) >= 11 is 4.98. The predicted octanol–water partition coefficient (Wildman–Crippen LogP) is 3.38. The molecule has 102 valence electrons. The van der Waals surface area contributed by atoms with Gasteiger partial charge in [-0.15, -0.1) is 11.3 Å². The van der Waals surface area contributed by atoms with Crippen molar-refractivity contribution in [3.63, 3.8) is 0 Å². The van der Waals surface area contributed by atoms with Gasteiger partial charge in [0, 0.05) is 11.6 Å². The average molecular weight is 344 g/mol. The zero-order valence-corrected chi connectivity index (χ0v) is 12.8. The van der Waals surface area contributed by atoms with Gasteiger partial charge >= 0.3 is 0 Å². The molecule has 0 aliphatic carbocycles. The van der Waals surface area contributed by atoms with Crippen LogP contribution in [-0.2, 0) is 13.2 Å². The van der Waals surface area contributed by atoms with Crippen molar-refractivity contribution >= 4 is 27.3 Å². The van der Waals surface area contributed by atoms with Crippen LogP contribution < -0.4 is 9.47 Å². The first-order valence-electron chi connectivity index (χ1n) is 5.81. The van der Waals surface area contributed by atoms with E-state index in [1.165, 1.54) is 0 Å². The van der Waals surface area contributed by atoms with Crippen LogP contribution in [0.3, 0.4) is 0 Å². The molecule has 6 heteroatoms. The van der Waals surface area contributed by atoms with Gasteiger partial charge in [-0.05, 0) is 40.5 Å². The molecule has 2 aromatic rings. The summed E-state index contributed by atoms with van der Waals surface area (Å²) in [5.41, 5.74) is 0.775. The number of rotatable bonds is 6. The van der Waals surface area contributed by atoms with Crippen molar-refractivity contribution in [2.24, 2.45) is 0 Å². The monoisotopic (exact) mass is 343 g/mol. The van der Waals surface area contributed by atoms with Crippen molar-refractivity contribution in [1.29, 1.82) is 0 Å². The number of aromatic nitrogens is 1. The maximum absolute atomic E-state index is 9.20. The third kappa shape index (κ3) is 3.68. The van der Waals surface area contributed by atoms with Gasteiger partial charge in [0.1, 0.15) is 11.6 Å². The topological polar surface area (TPSA) is 51.6 Å². The van der Waals surface area contributed by atoms with E-state index in [1.807, 2.05) is 18.4 Å². The number of thiazole rings is 1. The Morgan fingerprint density at radius 2 is 2.21 bits per heavy atom. The van der Waals surface area contributed by atoms with Crippen LogP contribution in [0.15, 0.2) is 28.2 Å². The van der Waals surface area contributed by atoms with E-state index in [1.54, 1.807) is 23.6 Å². The SMILES string of the molecule is CCOc1cc(CO)cc(Br)c1OCc1nccs1. The molecule has 19 heavy (non-hydrogen) atoms. The fraction of sp³-hybridized carbons (Fsp3) is 0.308. The smallest absolute Gasteiger partial charge is 0.175 e. The highest BCUT2D eigenvalue weighted by molar-refractivity contribution is 9.10. The van der Waals surface area contributed by atoms with Crippen LogP contribution >= 0.6 is 27.3 Å². The van der Waals surface area contributed by atoms with Gasteiger partial charge in [-0.25, -0.2) is 4.98 Å². The highest BCUT2D eigenvalue weighted by Gasteiger charge is 2.12. The molecule has 0 saturated carbocycles. The van der Waals surface area contributed by atoms with Gasteiger partial charge in [-0.1, -0.05) is 0 Å². The Morgan fingerprint density at radius 1 is 1.37 bits per heavy atom. The zero-order valence-electron chi connectivity index (χ0n) is 10.4. The van der Waals surface area contributed by atoms with Crippen LogP contribution in [0.5, 0.6) is 11.5 Å². The van der Waals surface area contributed by atoms with Gasteiger partial charge in [0.15, 0.2) is 11.5 Å². The summed E-state index contributed by atoms with van der Waals surface area (Å²) in [7, 11) is 0. The van der Waals surface area contributed by atoms with Crippen LogP contribution in [0.4, 0.5) is 0 Å².